The molecule has 0 spiro atoms. The summed E-state index contributed by atoms with van der Waals surface area (Å²) >= 11 is 0. The van der Waals surface area contributed by atoms with E-state index in [1.54, 1.807) is 18.2 Å². The predicted molar refractivity (Wildman–Crippen MR) is 71.1 cm³/mol. The van der Waals surface area contributed by atoms with Crippen molar-refractivity contribution < 1.29 is 9.72 Å². The molecule has 2 rings (SSSR count). The molecule has 1 atom stereocenters. The van der Waals surface area contributed by atoms with E-state index in [4.69, 9.17) is 5.26 Å². The maximum atomic E-state index is 12.1. The minimum absolute atomic E-state index is 0.0492. The SMILES string of the molecule is N#C[C@H](C(=O)CCn1cc([N+](=O)[O-])cn1)c1ccccn1. The lowest BCUT2D eigenvalue weighted by Crippen LogP contribution is -2.15. The number of nitro groups is 1. The topological polar surface area (TPSA) is 115 Å². The molecular weight excluding hydrogens is 274 g/mol. The Balaban J connectivity index is 2.00. The molecule has 0 saturated carbocycles. The third-order valence-electron chi connectivity index (χ3n) is 2.85. The standard InChI is InChI=1S/C13H11N5O3/c14-7-11(12-3-1-2-5-15-12)13(19)4-6-17-9-10(8-16-17)18(20)21/h1-3,5,8-9,11H,4,6H2/t11-/m0/s1. The lowest BCUT2D eigenvalue weighted by atomic mass is 9.99. The minimum Gasteiger partial charge on any atom is -0.298 e. The Morgan fingerprint density at radius 2 is 2.33 bits per heavy atom. The van der Waals surface area contributed by atoms with Crippen LogP contribution in [0.15, 0.2) is 36.8 Å². The number of aromatic nitrogens is 3. The Bertz CT molecular complexity index is 689. The van der Waals surface area contributed by atoms with E-state index in [1.807, 2.05) is 6.07 Å². The molecule has 2 aromatic heterocycles. The third kappa shape index (κ3) is 3.48. The number of carbonyl (C=O) groups is 1. The number of hydrogen-bond donors (Lipinski definition) is 0. The molecule has 2 aromatic rings. The van der Waals surface area contributed by atoms with Crippen LogP contribution < -0.4 is 0 Å². The second kappa shape index (κ2) is 6.38. The first-order valence-corrected chi connectivity index (χ1v) is 6.12. The zero-order chi connectivity index (χ0) is 15.2. The molecule has 2 heterocycles. The Morgan fingerprint density at radius 1 is 1.52 bits per heavy atom. The van der Waals surface area contributed by atoms with Gasteiger partial charge in [-0.25, -0.2) is 0 Å². The number of nitrogens with zero attached hydrogens (tertiary/aromatic N) is 5. The fraction of sp³-hybridized carbons (Fsp3) is 0.231. The molecule has 0 fully saturated rings. The highest BCUT2D eigenvalue weighted by Gasteiger charge is 2.21. The van der Waals surface area contributed by atoms with Crippen molar-refractivity contribution in [3.8, 4) is 6.07 Å². The lowest BCUT2D eigenvalue weighted by molar-refractivity contribution is -0.385. The van der Waals surface area contributed by atoms with E-state index in [9.17, 15) is 14.9 Å². The monoisotopic (exact) mass is 285 g/mol. The lowest BCUT2D eigenvalue weighted by Gasteiger charge is -2.07. The van der Waals surface area contributed by atoms with Gasteiger partial charge < -0.3 is 0 Å². The first-order valence-electron chi connectivity index (χ1n) is 6.12. The van der Waals surface area contributed by atoms with Crippen molar-refractivity contribution in [2.24, 2.45) is 0 Å². The van der Waals surface area contributed by atoms with Crippen LogP contribution in [-0.2, 0) is 11.3 Å². The van der Waals surface area contributed by atoms with E-state index in [1.165, 1.54) is 17.1 Å². The van der Waals surface area contributed by atoms with Crippen LogP contribution in [0.3, 0.4) is 0 Å². The van der Waals surface area contributed by atoms with Crippen LogP contribution in [0.5, 0.6) is 0 Å². The maximum absolute atomic E-state index is 12.1. The third-order valence-corrected chi connectivity index (χ3v) is 2.85. The highest BCUT2D eigenvalue weighted by molar-refractivity contribution is 5.87. The van der Waals surface area contributed by atoms with E-state index in [-0.39, 0.29) is 24.4 Å². The van der Waals surface area contributed by atoms with Crippen LogP contribution in [0.1, 0.15) is 18.0 Å². The quantitative estimate of drug-likeness (QED) is 0.586. The molecule has 0 saturated heterocycles. The molecule has 0 aliphatic heterocycles. The second-order valence-electron chi connectivity index (χ2n) is 4.25. The van der Waals surface area contributed by atoms with Gasteiger partial charge in [0.05, 0.1) is 16.7 Å². The summed E-state index contributed by atoms with van der Waals surface area (Å²) in [4.78, 5) is 26.0. The Kier molecular flexibility index (Phi) is 4.36. The highest BCUT2D eigenvalue weighted by atomic mass is 16.6. The molecule has 0 radical (unpaired) electrons. The molecule has 8 nitrogen and oxygen atoms in total. The predicted octanol–water partition coefficient (Wildman–Crippen LogP) is 1.45. The zero-order valence-electron chi connectivity index (χ0n) is 10.9. The molecule has 0 aromatic carbocycles. The van der Waals surface area contributed by atoms with Gasteiger partial charge in [-0.1, -0.05) is 6.07 Å². The number of hydrogen-bond acceptors (Lipinski definition) is 6. The van der Waals surface area contributed by atoms with Gasteiger partial charge in [0.1, 0.15) is 18.3 Å². The summed E-state index contributed by atoms with van der Waals surface area (Å²) < 4.78 is 1.31. The number of aryl methyl sites for hydroxylation is 1. The van der Waals surface area contributed by atoms with Gasteiger partial charge in [-0.2, -0.15) is 10.4 Å². The zero-order valence-corrected chi connectivity index (χ0v) is 10.9. The molecule has 0 aliphatic carbocycles. The highest BCUT2D eigenvalue weighted by Crippen LogP contribution is 2.16. The fourth-order valence-corrected chi connectivity index (χ4v) is 1.79. The molecule has 8 heteroatoms. The van der Waals surface area contributed by atoms with Gasteiger partial charge >= 0.3 is 5.69 Å². The molecule has 21 heavy (non-hydrogen) atoms. The summed E-state index contributed by atoms with van der Waals surface area (Å²) in [6.45, 7) is 0.178. The van der Waals surface area contributed by atoms with Gasteiger partial charge in [0.25, 0.3) is 0 Å². The first kappa shape index (κ1) is 14.3. The van der Waals surface area contributed by atoms with Crippen molar-refractivity contribution in [1.82, 2.24) is 14.8 Å². The van der Waals surface area contributed by atoms with Gasteiger partial charge in [0, 0.05) is 19.2 Å². The van der Waals surface area contributed by atoms with Gasteiger partial charge in [-0.05, 0) is 12.1 Å². The van der Waals surface area contributed by atoms with Crippen LogP contribution >= 0.6 is 0 Å². The maximum Gasteiger partial charge on any atom is 0.306 e. The van der Waals surface area contributed by atoms with Gasteiger partial charge in [0.2, 0.25) is 0 Å². The average molecular weight is 285 g/mol. The Morgan fingerprint density at radius 3 is 2.90 bits per heavy atom. The summed E-state index contributed by atoms with van der Waals surface area (Å²) in [5.41, 5.74) is 0.264. The fourth-order valence-electron chi connectivity index (χ4n) is 1.79. The van der Waals surface area contributed by atoms with Gasteiger partial charge in [-0.3, -0.25) is 24.6 Å². The molecule has 0 N–H and O–H groups in total. The van der Waals surface area contributed by atoms with Crippen molar-refractivity contribution in [3.05, 3.63) is 52.6 Å². The van der Waals surface area contributed by atoms with Crippen LogP contribution in [0.4, 0.5) is 5.69 Å². The molecule has 0 aliphatic rings. The normalized spacial score (nSPS) is 11.6. The van der Waals surface area contributed by atoms with E-state index in [2.05, 4.69) is 10.1 Å². The number of nitriles is 1. The van der Waals surface area contributed by atoms with E-state index in [0.29, 0.717) is 5.69 Å². The van der Waals surface area contributed by atoms with Crippen LogP contribution in [0, 0.1) is 21.4 Å². The summed E-state index contributed by atoms with van der Waals surface area (Å²) in [6, 6.07) is 6.95. The van der Waals surface area contributed by atoms with Crippen molar-refractivity contribution >= 4 is 11.5 Å². The van der Waals surface area contributed by atoms with E-state index >= 15 is 0 Å². The number of pyridine rings is 1. The molecule has 0 bridgehead atoms. The number of rotatable bonds is 6. The molecule has 106 valence electrons. The number of ketones is 1. The van der Waals surface area contributed by atoms with Crippen molar-refractivity contribution in [3.63, 3.8) is 0 Å². The van der Waals surface area contributed by atoms with Gasteiger partial charge in [-0.15, -0.1) is 0 Å². The number of carbonyl (C=O) groups excluding carboxylic acids is 1. The summed E-state index contributed by atoms with van der Waals surface area (Å²) in [6.07, 6.45) is 3.93. The van der Waals surface area contributed by atoms with Crippen molar-refractivity contribution in [2.75, 3.05) is 0 Å². The van der Waals surface area contributed by atoms with Gasteiger partial charge in [0.15, 0.2) is 5.78 Å². The molecular formula is C13H11N5O3. The van der Waals surface area contributed by atoms with Crippen molar-refractivity contribution in [1.29, 1.82) is 5.26 Å². The van der Waals surface area contributed by atoms with Crippen LogP contribution in [-0.4, -0.2) is 25.5 Å². The van der Waals surface area contributed by atoms with Crippen LogP contribution in [0.2, 0.25) is 0 Å². The Labute approximate surface area is 119 Å². The smallest absolute Gasteiger partial charge is 0.298 e. The second-order valence-corrected chi connectivity index (χ2v) is 4.25. The number of Topliss-reactive ketones (excluding diaryl/α,β-unsaturated/α-hetero) is 1. The largest absolute Gasteiger partial charge is 0.306 e. The minimum atomic E-state index is -0.934. The van der Waals surface area contributed by atoms with Crippen LogP contribution in [0.25, 0.3) is 0 Å². The molecule has 0 unspecified atom stereocenters. The Hall–Kier alpha value is -3.08. The van der Waals surface area contributed by atoms with E-state index in [0.717, 1.165) is 6.20 Å². The van der Waals surface area contributed by atoms with Crippen molar-refractivity contribution in [2.45, 2.75) is 18.9 Å². The average Bonchev–Trinajstić information content (AvgIpc) is 2.96. The molecule has 0 amide bonds. The first-order chi connectivity index (χ1) is 10.1. The summed E-state index contributed by atoms with van der Waals surface area (Å²) in [7, 11) is 0. The summed E-state index contributed by atoms with van der Waals surface area (Å²) in [5, 5.41) is 23.4. The summed E-state index contributed by atoms with van der Waals surface area (Å²) in [5.74, 6) is -1.23. The van der Waals surface area contributed by atoms with E-state index < -0.39 is 10.8 Å².